The van der Waals surface area contributed by atoms with Crippen LogP contribution in [0.5, 0.6) is 5.75 Å². The number of aromatic hydroxyl groups is 1. The predicted molar refractivity (Wildman–Crippen MR) is 81.6 cm³/mol. The van der Waals surface area contributed by atoms with Crippen molar-refractivity contribution in [1.82, 2.24) is 5.32 Å². The molecule has 1 heterocycles. The minimum atomic E-state index is 0.0656. The lowest BCUT2D eigenvalue weighted by molar-refractivity contribution is 0.458. The van der Waals surface area contributed by atoms with E-state index in [2.05, 4.69) is 5.32 Å². The summed E-state index contributed by atoms with van der Waals surface area (Å²) in [5, 5.41) is 14.0. The minimum absolute atomic E-state index is 0.0656. The molecule has 0 saturated heterocycles. The van der Waals surface area contributed by atoms with Gasteiger partial charge in [-0.25, -0.2) is 0 Å². The van der Waals surface area contributed by atoms with Crippen LogP contribution in [-0.4, -0.2) is 5.11 Å². The van der Waals surface area contributed by atoms with Gasteiger partial charge in [0.2, 0.25) is 0 Å². The number of furan rings is 1. The Labute approximate surface area is 128 Å². The second-order valence-electron chi connectivity index (χ2n) is 4.87. The predicted octanol–water partition coefficient (Wildman–Crippen LogP) is 4.76. The molecule has 0 amide bonds. The monoisotopic (exact) mass is 313 g/mol. The van der Waals surface area contributed by atoms with Crippen molar-refractivity contribution in [3.8, 4) is 5.75 Å². The van der Waals surface area contributed by atoms with Crippen LogP contribution in [0.1, 0.15) is 35.6 Å². The Morgan fingerprint density at radius 3 is 2.55 bits per heavy atom. The van der Waals surface area contributed by atoms with Crippen molar-refractivity contribution < 1.29 is 9.52 Å². The molecule has 20 heavy (non-hydrogen) atoms. The minimum Gasteiger partial charge on any atom is -0.506 e. The van der Waals surface area contributed by atoms with E-state index < -0.39 is 0 Å². The van der Waals surface area contributed by atoms with Gasteiger partial charge in [0.15, 0.2) is 0 Å². The molecular weight excluding hydrogens is 297 g/mol. The van der Waals surface area contributed by atoms with Crippen LogP contribution in [0.4, 0.5) is 0 Å². The summed E-state index contributed by atoms with van der Waals surface area (Å²) in [6.07, 6.45) is 0. The summed E-state index contributed by atoms with van der Waals surface area (Å²) in [5.41, 5.74) is 1.78. The van der Waals surface area contributed by atoms with E-state index in [0.717, 1.165) is 17.1 Å². The average molecular weight is 314 g/mol. The van der Waals surface area contributed by atoms with Gasteiger partial charge in [0.1, 0.15) is 17.3 Å². The number of hydrogen-bond acceptors (Lipinski definition) is 3. The molecule has 5 heteroatoms. The SMILES string of the molecule is Cc1cc(C(C)NCc2cc(Cl)cc(Cl)c2O)c(C)o1. The lowest BCUT2D eigenvalue weighted by Crippen LogP contribution is -2.18. The molecule has 1 aromatic heterocycles. The summed E-state index contributed by atoms with van der Waals surface area (Å²) in [6, 6.07) is 5.34. The molecule has 1 unspecified atom stereocenters. The summed E-state index contributed by atoms with van der Waals surface area (Å²) in [7, 11) is 0. The molecule has 0 radical (unpaired) electrons. The summed E-state index contributed by atoms with van der Waals surface area (Å²) >= 11 is 11.8. The zero-order valence-electron chi connectivity index (χ0n) is 11.6. The summed E-state index contributed by atoms with van der Waals surface area (Å²) in [6.45, 7) is 6.37. The van der Waals surface area contributed by atoms with E-state index in [1.54, 1.807) is 6.07 Å². The Morgan fingerprint density at radius 2 is 1.95 bits per heavy atom. The standard InChI is InChI=1S/C15H17Cl2NO2/c1-8-4-13(10(3)20-8)9(2)18-7-11-5-12(16)6-14(17)15(11)19/h4-6,9,18-19H,7H2,1-3H3. The van der Waals surface area contributed by atoms with Crippen molar-refractivity contribution in [3.05, 3.63) is 50.9 Å². The largest absolute Gasteiger partial charge is 0.506 e. The van der Waals surface area contributed by atoms with Gasteiger partial charge in [-0.3, -0.25) is 0 Å². The lowest BCUT2D eigenvalue weighted by Gasteiger charge is -2.14. The number of phenols is 1. The van der Waals surface area contributed by atoms with E-state index in [1.807, 2.05) is 26.8 Å². The number of rotatable bonds is 4. The van der Waals surface area contributed by atoms with Gasteiger partial charge in [-0.15, -0.1) is 0 Å². The van der Waals surface area contributed by atoms with Crippen LogP contribution in [0.25, 0.3) is 0 Å². The van der Waals surface area contributed by atoms with Gasteiger partial charge < -0.3 is 14.8 Å². The van der Waals surface area contributed by atoms with Crippen molar-refractivity contribution in [2.75, 3.05) is 0 Å². The molecule has 108 valence electrons. The normalized spacial score (nSPS) is 12.7. The van der Waals surface area contributed by atoms with Crippen LogP contribution < -0.4 is 5.32 Å². The highest BCUT2D eigenvalue weighted by Gasteiger charge is 2.14. The highest BCUT2D eigenvalue weighted by molar-refractivity contribution is 6.35. The maximum absolute atomic E-state index is 9.92. The third-order valence-corrected chi connectivity index (χ3v) is 3.76. The van der Waals surface area contributed by atoms with Crippen LogP contribution in [0.3, 0.4) is 0 Å². The molecule has 0 saturated carbocycles. The van der Waals surface area contributed by atoms with Gasteiger partial charge in [0, 0.05) is 28.7 Å². The Balaban J connectivity index is 2.11. The molecule has 0 spiro atoms. The molecule has 1 aromatic carbocycles. The highest BCUT2D eigenvalue weighted by Crippen LogP contribution is 2.31. The van der Waals surface area contributed by atoms with Crippen molar-refractivity contribution in [2.24, 2.45) is 0 Å². The second kappa shape index (κ2) is 6.08. The zero-order valence-corrected chi connectivity index (χ0v) is 13.1. The Kier molecular flexibility index (Phi) is 4.63. The zero-order chi connectivity index (χ0) is 14.9. The molecule has 0 aliphatic rings. The molecule has 2 aromatic rings. The lowest BCUT2D eigenvalue weighted by atomic mass is 10.1. The molecule has 2 rings (SSSR count). The van der Waals surface area contributed by atoms with Gasteiger partial charge >= 0.3 is 0 Å². The summed E-state index contributed by atoms with van der Waals surface area (Å²) in [4.78, 5) is 0. The maximum atomic E-state index is 9.92. The van der Waals surface area contributed by atoms with Crippen molar-refractivity contribution in [2.45, 2.75) is 33.4 Å². The van der Waals surface area contributed by atoms with Crippen molar-refractivity contribution in [1.29, 1.82) is 0 Å². The number of benzene rings is 1. The summed E-state index contributed by atoms with van der Waals surface area (Å²) in [5.74, 6) is 1.85. The Morgan fingerprint density at radius 1 is 1.25 bits per heavy atom. The van der Waals surface area contributed by atoms with Gasteiger partial charge in [0.05, 0.1) is 5.02 Å². The number of aryl methyl sites for hydroxylation is 2. The van der Waals surface area contributed by atoms with Crippen LogP contribution in [0, 0.1) is 13.8 Å². The van der Waals surface area contributed by atoms with E-state index in [1.165, 1.54) is 6.07 Å². The van der Waals surface area contributed by atoms with Crippen LogP contribution >= 0.6 is 23.2 Å². The molecule has 3 nitrogen and oxygen atoms in total. The smallest absolute Gasteiger partial charge is 0.138 e. The molecule has 0 bridgehead atoms. The number of nitrogens with one attached hydrogen (secondary N) is 1. The first-order valence-electron chi connectivity index (χ1n) is 6.35. The number of phenolic OH excluding ortho intramolecular Hbond substituents is 1. The molecule has 0 fully saturated rings. The van der Waals surface area contributed by atoms with Gasteiger partial charge in [-0.2, -0.15) is 0 Å². The van der Waals surface area contributed by atoms with E-state index in [0.29, 0.717) is 17.1 Å². The fourth-order valence-electron chi connectivity index (χ4n) is 2.21. The number of halogens is 2. The first-order chi connectivity index (χ1) is 9.38. The van der Waals surface area contributed by atoms with E-state index in [-0.39, 0.29) is 16.8 Å². The Bertz CT molecular complexity index is 623. The Hall–Kier alpha value is -1.16. The molecule has 0 aliphatic heterocycles. The average Bonchev–Trinajstić information content (AvgIpc) is 2.71. The molecular formula is C15H17Cl2NO2. The van der Waals surface area contributed by atoms with Crippen LogP contribution in [0.2, 0.25) is 10.0 Å². The number of hydrogen-bond donors (Lipinski definition) is 2. The first-order valence-corrected chi connectivity index (χ1v) is 7.11. The van der Waals surface area contributed by atoms with Gasteiger partial charge in [-0.05, 0) is 39.0 Å². The van der Waals surface area contributed by atoms with E-state index in [9.17, 15) is 5.11 Å². The second-order valence-corrected chi connectivity index (χ2v) is 5.71. The quantitative estimate of drug-likeness (QED) is 0.855. The van der Waals surface area contributed by atoms with E-state index >= 15 is 0 Å². The van der Waals surface area contributed by atoms with Crippen LogP contribution in [-0.2, 0) is 6.54 Å². The van der Waals surface area contributed by atoms with Gasteiger partial charge in [-0.1, -0.05) is 23.2 Å². The molecule has 1 atom stereocenters. The fourth-order valence-corrected chi connectivity index (χ4v) is 2.74. The topological polar surface area (TPSA) is 45.4 Å². The van der Waals surface area contributed by atoms with Crippen LogP contribution in [0.15, 0.2) is 22.6 Å². The highest BCUT2D eigenvalue weighted by atomic mass is 35.5. The molecule has 0 aliphatic carbocycles. The van der Waals surface area contributed by atoms with Gasteiger partial charge in [0.25, 0.3) is 0 Å². The van der Waals surface area contributed by atoms with Crippen molar-refractivity contribution in [3.63, 3.8) is 0 Å². The third kappa shape index (κ3) is 3.29. The maximum Gasteiger partial charge on any atom is 0.138 e. The first kappa shape index (κ1) is 15.2. The summed E-state index contributed by atoms with van der Waals surface area (Å²) < 4.78 is 5.52. The van der Waals surface area contributed by atoms with E-state index in [4.69, 9.17) is 27.6 Å². The molecule has 2 N–H and O–H groups in total. The fraction of sp³-hybridized carbons (Fsp3) is 0.333. The third-order valence-electron chi connectivity index (χ3n) is 3.25. The van der Waals surface area contributed by atoms with Crippen molar-refractivity contribution >= 4 is 23.2 Å².